The number of rotatable bonds is 12. The van der Waals surface area contributed by atoms with Crippen molar-refractivity contribution in [2.24, 2.45) is 0 Å². The summed E-state index contributed by atoms with van der Waals surface area (Å²) < 4.78 is 18.1. The van der Waals surface area contributed by atoms with Gasteiger partial charge in [0.25, 0.3) is 0 Å². The molecule has 1 aliphatic rings. The molecule has 4 aromatic rings. The summed E-state index contributed by atoms with van der Waals surface area (Å²) in [4.78, 5) is 30.2. The first-order chi connectivity index (χ1) is 19.6. The Bertz CT molecular complexity index is 1430. The first-order valence-electron chi connectivity index (χ1n) is 13.3. The van der Waals surface area contributed by atoms with Crippen LogP contribution < -0.4 is 14.8 Å². The number of ether oxygens (including phenoxy) is 3. The molecule has 2 atom stereocenters. The lowest BCUT2D eigenvalue weighted by molar-refractivity contribution is -0.141. The number of para-hydroxylation sites is 1. The minimum absolute atomic E-state index is 0.00892. The molecule has 2 aromatic heterocycles. The van der Waals surface area contributed by atoms with Gasteiger partial charge in [-0.25, -0.2) is 4.68 Å². The van der Waals surface area contributed by atoms with Gasteiger partial charge in [-0.05, 0) is 60.5 Å². The monoisotopic (exact) mass is 563 g/mol. The smallest absolute Gasteiger partial charge is 0.248 e. The molecule has 0 radical (unpaired) electrons. The van der Waals surface area contributed by atoms with Crippen LogP contribution in [0.2, 0.25) is 0 Å². The molecule has 0 bridgehead atoms. The Kier molecular flexibility index (Phi) is 8.92. The summed E-state index contributed by atoms with van der Waals surface area (Å²) in [7, 11) is 3.18. The van der Waals surface area contributed by atoms with Crippen molar-refractivity contribution < 1.29 is 23.8 Å². The fourth-order valence-corrected chi connectivity index (χ4v) is 5.76. The zero-order chi connectivity index (χ0) is 27.9. The number of hydrogen-bond donors (Lipinski definition) is 1. The lowest BCUT2D eigenvalue weighted by atomic mass is 10.1. The molecule has 10 nitrogen and oxygen atoms in total. The van der Waals surface area contributed by atoms with Crippen molar-refractivity contribution in [3.8, 4) is 11.5 Å². The summed E-state index contributed by atoms with van der Waals surface area (Å²) in [5.74, 6) is 0.766. The molecule has 1 aliphatic heterocycles. The second-order valence-electron chi connectivity index (χ2n) is 9.56. The Morgan fingerprint density at radius 3 is 2.75 bits per heavy atom. The first-order valence-corrected chi connectivity index (χ1v) is 14.2. The highest BCUT2D eigenvalue weighted by Crippen LogP contribution is 2.30. The van der Waals surface area contributed by atoms with Crippen molar-refractivity contribution in [3.05, 3.63) is 70.4 Å². The second kappa shape index (κ2) is 12.9. The van der Waals surface area contributed by atoms with Gasteiger partial charge in [0.05, 0.1) is 25.8 Å². The quantitative estimate of drug-likeness (QED) is 0.281. The van der Waals surface area contributed by atoms with Crippen LogP contribution in [-0.2, 0) is 27.3 Å². The van der Waals surface area contributed by atoms with Crippen LogP contribution in [0.25, 0.3) is 11.0 Å². The fourth-order valence-electron chi connectivity index (χ4n) is 4.92. The Morgan fingerprint density at radius 2 is 2.00 bits per heavy atom. The molecule has 210 valence electrons. The molecule has 11 heteroatoms. The van der Waals surface area contributed by atoms with E-state index in [4.69, 9.17) is 14.2 Å². The van der Waals surface area contributed by atoms with Crippen molar-refractivity contribution in [1.29, 1.82) is 0 Å². The predicted molar refractivity (Wildman–Crippen MR) is 152 cm³/mol. The van der Waals surface area contributed by atoms with Crippen molar-refractivity contribution in [1.82, 2.24) is 25.2 Å². The van der Waals surface area contributed by atoms with Crippen molar-refractivity contribution in [2.75, 3.05) is 33.9 Å². The largest absolute Gasteiger partial charge is 0.493 e. The Hall–Kier alpha value is -3.96. The van der Waals surface area contributed by atoms with E-state index < -0.39 is 6.04 Å². The molecule has 3 heterocycles. The molecule has 2 aromatic carbocycles. The molecule has 1 saturated heterocycles. The summed E-state index contributed by atoms with van der Waals surface area (Å²) in [6, 6.07) is 16.1. The fraction of sp³-hybridized carbons (Fsp3) is 0.379. The summed E-state index contributed by atoms with van der Waals surface area (Å²) >= 11 is 1.45. The van der Waals surface area contributed by atoms with Crippen LogP contribution in [0, 0.1) is 0 Å². The predicted octanol–water partition coefficient (Wildman–Crippen LogP) is 3.62. The summed E-state index contributed by atoms with van der Waals surface area (Å²) in [5.41, 5.74) is 2.41. The summed E-state index contributed by atoms with van der Waals surface area (Å²) in [6.45, 7) is 1.37. The lowest BCUT2D eigenvalue weighted by Crippen LogP contribution is -2.46. The minimum Gasteiger partial charge on any atom is -0.493 e. The van der Waals surface area contributed by atoms with Gasteiger partial charge in [-0.2, -0.15) is 0 Å². The molecular formula is C29H33N5O5S. The molecule has 0 spiro atoms. The van der Waals surface area contributed by atoms with Crippen LogP contribution in [0.15, 0.2) is 60.0 Å². The molecule has 1 N–H and O–H groups in total. The second-order valence-corrected chi connectivity index (χ2v) is 10.5. The maximum Gasteiger partial charge on any atom is 0.248 e. The van der Waals surface area contributed by atoms with Crippen molar-refractivity contribution >= 4 is 34.2 Å². The maximum atomic E-state index is 14.0. The number of methoxy groups -OCH3 is 2. The van der Waals surface area contributed by atoms with Crippen LogP contribution in [0.4, 0.5) is 0 Å². The van der Waals surface area contributed by atoms with E-state index in [0.29, 0.717) is 43.1 Å². The first kappa shape index (κ1) is 27.6. The average molecular weight is 564 g/mol. The number of carbonyl (C=O) groups excluding carboxylic acids is 2. The molecule has 0 unspecified atom stereocenters. The highest BCUT2D eigenvalue weighted by atomic mass is 32.1. The van der Waals surface area contributed by atoms with Gasteiger partial charge in [-0.15, -0.1) is 16.4 Å². The van der Waals surface area contributed by atoms with Gasteiger partial charge < -0.3 is 24.4 Å². The van der Waals surface area contributed by atoms with E-state index in [0.717, 1.165) is 28.8 Å². The van der Waals surface area contributed by atoms with Crippen LogP contribution in [0.1, 0.15) is 29.3 Å². The molecule has 40 heavy (non-hydrogen) atoms. The zero-order valence-electron chi connectivity index (χ0n) is 22.6. The molecule has 0 saturated carbocycles. The van der Waals surface area contributed by atoms with Gasteiger partial charge in [0, 0.05) is 24.6 Å². The van der Waals surface area contributed by atoms with Crippen molar-refractivity contribution in [3.63, 3.8) is 0 Å². The molecule has 0 aliphatic carbocycles. The topological polar surface area (TPSA) is 108 Å². The number of nitrogens with one attached hydrogen (secondary N) is 1. The maximum absolute atomic E-state index is 14.0. The summed E-state index contributed by atoms with van der Waals surface area (Å²) in [6.07, 6.45) is 2.39. The molecule has 1 fully saturated rings. The lowest BCUT2D eigenvalue weighted by Gasteiger charge is -2.31. The van der Waals surface area contributed by atoms with Gasteiger partial charge in [0.15, 0.2) is 11.5 Å². The van der Waals surface area contributed by atoms with E-state index in [1.54, 1.807) is 23.8 Å². The minimum atomic E-state index is -0.802. The van der Waals surface area contributed by atoms with Gasteiger partial charge in [0.1, 0.15) is 18.1 Å². The number of hydrogen-bond acceptors (Lipinski definition) is 8. The highest BCUT2D eigenvalue weighted by Gasteiger charge is 2.33. The van der Waals surface area contributed by atoms with E-state index in [9.17, 15) is 9.59 Å². The van der Waals surface area contributed by atoms with Gasteiger partial charge in [0.2, 0.25) is 11.8 Å². The Labute approximate surface area is 236 Å². The van der Waals surface area contributed by atoms with E-state index in [2.05, 4.69) is 15.6 Å². The highest BCUT2D eigenvalue weighted by molar-refractivity contribution is 7.10. The zero-order valence-corrected chi connectivity index (χ0v) is 23.4. The number of benzene rings is 2. The number of fused-ring (bicyclic) bond motifs is 1. The Balaban J connectivity index is 1.43. The number of thiophene rings is 1. The van der Waals surface area contributed by atoms with Gasteiger partial charge in [-0.1, -0.05) is 29.5 Å². The van der Waals surface area contributed by atoms with Crippen LogP contribution in [0.3, 0.4) is 0 Å². The third-order valence-corrected chi connectivity index (χ3v) is 7.94. The van der Waals surface area contributed by atoms with E-state index in [1.807, 2.05) is 60.0 Å². The van der Waals surface area contributed by atoms with E-state index >= 15 is 0 Å². The Morgan fingerprint density at radius 1 is 1.15 bits per heavy atom. The average Bonchev–Trinajstić information content (AvgIpc) is 3.77. The van der Waals surface area contributed by atoms with Crippen molar-refractivity contribution in [2.45, 2.75) is 38.0 Å². The third kappa shape index (κ3) is 6.26. The summed E-state index contributed by atoms with van der Waals surface area (Å²) in [5, 5.41) is 13.4. The van der Waals surface area contributed by atoms with Crippen LogP contribution in [0.5, 0.6) is 11.5 Å². The number of nitrogens with zero attached hydrogens (tertiary/aromatic N) is 4. The standard InChI is InChI=1S/C29H33N5O5S/c1-37-24-12-11-20(17-25(24)38-2)13-14-33(27(35)19-34-23-9-4-3-8-22(23)31-32-34)28(26-10-6-16-40-26)29(36)30-18-21-7-5-15-39-21/h3-4,6,8-12,16-17,21,28H,5,7,13-15,18-19H2,1-2H3,(H,30,36)/t21-,28-/m1/s1. The van der Waals surface area contributed by atoms with E-state index in [1.165, 1.54) is 11.3 Å². The SMILES string of the molecule is COc1ccc(CCN(C(=O)Cn2nnc3ccccc32)[C@@H](C(=O)NC[C@H]2CCCO2)c2cccs2)cc1OC. The molecule has 2 amide bonds. The van der Waals surface area contributed by atoms with E-state index in [-0.39, 0.29) is 24.5 Å². The van der Waals surface area contributed by atoms with Crippen LogP contribution >= 0.6 is 11.3 Å². The third-order valence-electron chi connectivity index (χ3n) is 7.02. The number of amides is 2. The van der Waals surface area contributed by atoms with Crippen LogP contribution in [-0.4, -0.2) is 71.7 Å². The number of aromatic nitrogens is 3. The normalized spacial score (nSPS) is 15.6. The van der Waals surface area contributed by atoms with Gasteiger partial charge >= 0.3 is 0 Å². The van der Waals surface area contributed by atoms with Gasteiger partial charge in [-0.3, -0.25) is 9.59 Å². The molecule has 5 rings (SSSR count). The number of carbonyl (C=O) groups is 2. The molecular weight excluding hydrogens is 530 g/mol.